The van der Waals surface area contributed by atoms with Crippen molar-refractivity contribution in [3.63, 3.8) is 0 Å². The Hall–Kier alpha value is -6.73. The third-order valence-electron chi connectivity index (χ3n) is 10.6. The first-order valence-corrected chi connectivity index (χ1v) is 23.5. The third-order valence-corrected chi connectivity index (χ3v) is 12.2. The summed E-state index contributed by atoms with van der Waals surface area (Å²) in [7, 11) is 0. The number of aromatic carboxylic acids is 2. The molecule has 0 amide bonds. The van der Waals surface area contributed by atoms with Crippen LogP contribution in [-0.2, 0) is 13.2 Å². The van der Waals surface area contributed by atoms with E-state index < -0.39 is 11.9 Å². The molecule has 0 atom stereocenters. The zero-order chi connectivity index (χ0) is 50.1. The topological polar surface area (TPSA) is 154 Å². The summed E-state index contributed by atoms with van der Waals surface area (Å²) in [5.74, 6) is 1.91. The Morgan fingerprint density at radius 1 is 0.529 bits per heavy atom. The number of halogens is 5. The zero-order valence-corrected chi connectivity index (χ0v) is 41.7. The van der Waals surface area contributed by atoms with Crippen molar-refractivity contribution in [2.75, 3.05) is 0 Å². The average Bonchev–Trinajstić information content (AvgIpc) is 3.95. The Kier molecular flexibility index (Phi) is 17.0. The van der Waals surface area contributed by atoms with Crippen LogP contribution in [0.15, 0.2) is 136 Å². The standard InChI is InChI=1S/C28H22Cl3NO4.C26H21Cl2NO5/c1-16(2)27-21(26(32-36-27)25-22(29)7-4-8-23(25)30)15-35-20-12-11-18(24(31)14-20)10-9-17-5-3-6-19(13-17)28(33)34;1-15(2)25-20(24(29-34-25)23-21(27)4-3-5-22(23)28)14-32-17-10-12-19(13-11-17)33-18-8-6-16(7-9-18)26(30)31/h3-14,16H,15H2,1-2H3,(H,33,34);3-13,15H,14H2,1-2H3,(H,30,31)/b10-9+;. The van der Waals surface area contributed by atoms with Crippen LogP contribution in [0.1, 0.15) is 94.0 Å². The van der Waals surface area contributed by atoms with Gasteiger partial charge in [0.25, 0.3) is 0 Å². The predicted molar refractivity (Wildman–Crippen MR) is 274 cm³/mol. The fraction of sp³-hybridized carbons (Fsp3) is 0.148. The molecule has 0 fully saturated rings. The van der Waals surface area contributed by atoms with E-state index in [0.29, 0.717) is 82.1 Å². The summed E-state index contributed by atoms with van der Waals surface area (Å²) in [5, 5.41) is 29.0. The summed E-state index contributed by atoms with van der Waals surface area (Å²) in [6.45, 7) is 8.43. The van der Waals surface area contributed by atoms with Crippen molar-refractivity contribution in [1.29, 1.82) is 0 Å². The van der Waals surface area contributed by atoms with E-state index in [2.05, 4.69) is 10.3 Å². The van der Waals surface area contributed by atoms with Gasteiger partial charge in [0.2, 0.25) is 0 Å². The third kappa shape index (κ3) is 12.5. The van der Waals surface area contributed by atoms with Crippen LogP contribution in [0.4, 0.5) is 0 Å². The first kappa shape index (κ1) is 51.1. The van der Waals surface area contributed by atoms with Crippen LogP contribution in [0.3, 0.4) is 0 Å². The Morgan fingerprint density at radius 2 is 0.971 bits per heavy atom. The highest BCUT2D eigenvalue weighted by atomic mass is 35.5. The van der Waals surface area contributed by atoms with E-state index in [0.717, 1.165) is 22.3 Å². The van der Waals surface area contributed by atoms with Crippen molar-refractivity contribution >= 4 is 82.1 Å². The van der Waals surface area contributed by atoms with Crippen LogP contribution in [0.25, 0.3) is 34.7 Å². The van der Waals surface area contributed by atoms with Crippen LogP contribution in [0, 0.1) is 0 Å². The van der Waals surface area contributed by atoms with Gasteiger partial charge in [-0.1, -0.05) is 132 Å². The van der Waals surface area contributed by atoms with Gasteiger partial charge >= 0.3 is 11.9 Å². The van der Waals surface area contributed by atoms with E-state index in [-0.39, 0.29) is 36.2 Å². The minimum atomic E-state index is -0.985. The molecule has 2 aromatic heterocycles. The van der Waals surface area contributed by atoms with Crippen LogP contribution in [0.5, 0.6) is 23.0 Å². The molecule has 0 saturated carbocycles. The number of rotatable bonds is 16. The molecule has 8 aromatic rings. The number of carbonyl (C=O) groups is 2. The molecule has 16 heteroatoms. The van der Waals surface area contributed by atoms with E-state index >= 15 is 0 Å². The highest BCUT2D eigenvalue weighted by Crippen LogP contribution is 2.41. The van der Waals surface area contributed by atoms with Crippen LogP contribution in [-0.4, -0.2) is 32.5 Å². The van der Waals surface area contributed by atoms with E-state index in [4.69, 9.17) is 91.5 Å². The number of aromatic nitrogens is 2. The van der Waals surface area contributed by atoms with Gasteiger partial charge < -0.3 is 33.5 Å². The highest BCUT2D eigenvalue weighted by Gasteiger charge is 2.25. The molecule has 358 valence electrons. The summed E-state index contributed by atoms with van der Waals surface area (Å²) in [4.78, 5) is 22.1. The Morgan fingerprint density at radius 3 is 1.44 bits per heavy atom. The molecule has 2 N–H and O–H groups in total. The molecule has 0 radical (unpaired) electrons. The molecule has 0 saturated heterocycles. The van der Waals surface area contributed by atoms with Crippen molar-refractivity contribution in [2.24, 2.45) is 0 Å². The molecule has 0 spiro atoms. The van der Waals surface area contributed by atoms with Crippen molar-refractivity contribution in [3.8, 4) is 45.5 Å². The van der Waals surface area contributed by atoms with Crippen molar-refractivity contribution in [2.45, 2.75) is 52.7 Å². The fourth-order valence-electron chi connectivity index (χ4n) is 7.08. The summed E-state index contributed by atoms with van der Waals surface area (Å²) in [5.41, 5.74) is 5.79. The lowest BCUT2D eigenvalue weighted by Gasteiger charge is -2.11. The number of ether oxygens (including phenoxy) is 3. The first-order chi connectivity index (χ1) is 33.6. The second-order valence-corrected chi connectivity index (χ2v) is 18.2. The van der Waals surface area contributed by atoms with Gasteiger partial charge in [-0.05, 0) is 114 Å². The molecular formula is C54H43Cl5N2O9. The zero-order valence-electron chi connectivity index (χ0n) is 37.9. The molecule has 6 aromatic carbocycles. The molecule has 0 aliphatic rings. The number of benzene rings is 6. The molecule has 11 nitrogen and oxygen atoms in total. The number of carboxylic acid groups (broad SMARTS) is 2. The van der Waals surface area contributed by atoms with Crippen LogP contribution < -0.4 is 14.2 Å². The Labute approximate surface area is 428 Å². The number of hydrogen-bond donors (Lipinski definition) is 2. The largest absolute Gasteiger partial charge is 0.489 e. The molecule has 2 heterocycles. The van der Waals surface area contributed by atoms with Gasteiger partial charge in [0, 0.05) is 23.0 Å². The Balaban J connectivity index is 0.000000207. The van der Waals surface area contributed by atoms with Crippen molar-refractivity contribution < 1.29 is 43.1 Å². The normalized spacial score (nSPS) is 11.2. The second kappa shape index (κ2) is 23.3. The maximum atomic E-state index is 11.2. The van der Waals surface area contributed by atoms with E-state index in [9.17, 15) is 9.59 Å². The second-order valence-electron chi connectivity index (χ2n) is 16.2. The SMILES string of the molecule is CC(C)c1onc(-c2c(Cl)cccc2Cl)c1COc1ccc(/C=C/c2cccc(C(=O)O)c2)c(Cl)c1.CC(C)c1onc(-c2c(Cl)cccc2Cl)c1COc1ccc(Oc2ccc(C(=O)O)cc2)cc1. The molecule has 0 bridgehead atoms. The molecule has 0 aliphatic heterocycles. The lowest BCUT2D eigenvalue weighted by Crippen LogP contribution is -2.01. The van der Waals surface area contributed by atoms with Gasteiger partial charge in [-0.15, -0.1) is 0 Å². The van der Waals surface area contributed by atoms with E-state index in [1.807, 2.05) is 52.0 Å². The molecule has 70 heavy (non-hydrogen) atoms. The van der Waals surface area contributed by atoms with E-state index in [1.54, 1.807) is 103 Å². The van der Waals surface area contributed by atoms with Gasteiger partial charge in [-0.2, -0.15) is 0 Å². The molecular weight excluding hydrogens is 998 g/mol. The predicted octanol–water partition coefficient (Wildman–Crippen LogP) is 16.7. The minimum Gasteiger partial charge on any atom is -0.489 e. The smallest absolute Gasteiger partial charge is 0.335 e. The van der Waals surface area contributed by atoms with Gasteiger partial charge in [0.15, 0.2) is 0 Å². The average molecular weight is 1040 g/mol. The fourth-order valence-corrected chi connectivity index (χ4v) is 8.47. The minimum absolute atomic E-state index is 0.0712. The van der Waals surface area contributed by atoms with E-state index in [1.165, 1.54) is 12.1 Å². The maximum absolute atomic E-state index is 11.2. The summed E-state index contributed by atoms with van der Waals surface area (Å²) in [6.07, 6.45) is 3.63. The lowest BCUT2D eigenvalue weighted by atomic mass is 10.0. The number of hydrogen-bond acceptors (Lipinski definition) is 9. The number of carboxylic acids is 2. The monoisotopic (exact) mass is 1040 g/mol. The molecule has 0 unspecified atom stereocenters. The summed E-state index contributed by atoms with van der Waals surface area (Å²) in [6, 6.07) is 35.9. The van der Waals surface area contributed by atoms with Gasteiger partial charge in [0.1, 0.15) is 59.1 Å². The quantitative estimate of drug-likeness (QED) is 0.0889. The number of nitrogens with zero attached hydrogens (tertiary/aromatic N) is 2. The van der Waals surface area contributed by atoms with Crippen LogP contribution >= 0.6 is 58.0 Å². The summed E-state index contributed by atoms with van der Waals surface area (Å²) >= 11 is 32.1. The molecule has 0 aliphatic carbocycles. The maximum Gasteiger partial charge on any atom is 0.335 e. The van der Waals surface area contributed by atoms with Gasteiger partial charge in [0.05, 0.1) is 47.4 Å². The van der Waals surface area contributed by atoms with Crippen LogP contribution in [0.2, 0.25) is 25.1 Å². The van der Waals surface area contributed by atoms with Gasteiger partial charge in [-0.3, -0.25) is 0 Å². The van der Waals surface area contributed by atoms with Gasteiger partial charge in [-0.25, -0.2) is 9.59 Å². The first-order valence-electron chi connectivity index (χ1n) is 21.6. The Bertz CT molecular complexity index is 3120. The highest BCUT2D eigenvalue weighted by molar-refractivity contribution is 6.39. The molecule has 8 rings (SSSR count). The lowest BCUT2D eigenvalue weighted by molar-refractivity contribution is 0.0686. The van der Waals surface area contributed by atoms with Crippen molar-refractivity contribution in [1.82, 2.24) is 10.3 Å². The van der Waals surface area contributed by atoms with Crippen molar-refractivity contribution in [3.05, 3.63) is 197 Å². The summed E-state index contributed by atoms with van der Waals surface area (Å²) < 4.78 is 29.1.